The summed E-state index contributed by atoms with van der Waals surface area (Å²) in [7, 11) is 0. The molecule has 0 atom stereocenters. The molecule has 7 nitrogen and oxygen atoms in total. The Bertz CT molecular complexity index is 1170. The van der Waals surface area contributed by atoms with Gasteiger partial charge in [-0.15, -0.1) is 0 Å². The largest absolute Gasteiger partial charge is 0.327 e. The highest BCUT2D eigenvalue weighted by Gasteiger charge is 2.24. The van der Waals surface area contributed by atoms with Gasteiger partial charge in [0.2, 0.25) is 0 Å². The van der Waals surface area contributed by atoms with Gasteiger partial charge in [0, 0.05) is 44.3 Å². The number of H-pyrrole nitrogens is 1. The summed E-state index contributed by atoms with van der Waals surface area (Å²) in [6.07, 6.45) is 7.47. The number of halogens is 1. The van der Waals surface area contributed by atoms with Gasteiger partial charge in [-0.05, 0) is 37.1 Å². The van der Waals surface area contributed by atoms with Crippen LogP contribution in [0.25, 0.3) is 16.8 Å². The maximum absolute atomic E-state index is 12.4. The van der Waals surface area contributed by atoms with Crippen molar-refractivity contribution in [2.75, 3.05) is 13.1 Å². The Hall–Kier alpha value is -2.64. The van der Waals surface area contributed by atoms with Crippen LogP contribution in [0.15, 0.2) is 47.7 Å². The molecule has 4 aromatic heterocycles. The van der Waals surface area contributed by atoms with Crippen molar-refractivity contribution in [3.63, 3.8) is 0 Å². The number of imidazole rings is 2. The van der Waals surface area contributed by atoms with Crippen LogP contribution in [0, 0.1) is 0 Å². The zero-order valence-electron chi connectivity index (χ0n) is 14.7. The first-order valence-corrected chi connectivity index (χ1v) is 9.46. The molecule has 8 heteroatoms. The molecule has 1 saturated heterocycles. The van der Waals surface area contributed by atoms with Crippen LogP contribution in [0.3, 0.4) is 0 Å². The van der Waals surface area contributed by atoms with Crippen molar-refractivity contribution in [1.82, 2.24) is 28.8 Å². The minimum absolute atomic E-state index is 0.0700. The Labute approximate surface area is 160 Å². The average molecular weight is 383 g/mol. The molecule has 0 aromatic carbocycles. The van der Waals surface area contributed by atoms with E-state index in [1.807, 2.05) is 45.6 Å². The van der Waals surface area contributed by atoms with Crippen molar-refractivity contribution >= 4 is 28.4 Å². The Balaban J connectivity index is 1.31. The summed E-state index contributed by atoms with van der Waals surface area (Å²) in [4.78, 5) is 26.7. The molecule has 0 spiro atoms. The van der Waals surface area contributed by atoms with E-state index in [0.717, 1.165) is 55.0 Å². The molecular formula is C19H19ClN6O. The third kappa shape index (κ3) is 3.02. The third-order valence-corrected chi connectivity index (χ3v) is 5.47. The summed E-state index contributed by atoms with van der Waals surface area (Å²) in [6, 6.07) is 7.69. The van der Waals surface area contributed by atoms with E-state index in [2.05, 4.69) is 19.9 Å². The van der Waals surface area contributed by atoms with Crippen molar-refractivity contribution in [1.29, 1.82) is 0 Å². The van der Waals surface area contributed by atoms with Crippen molar-refractivity contribution in [2.24, 2.45) is 0 Å². The van der Waals surface area contributed by atoms with E-state index in [9.17, 15) is 4.79 Å². The van der Waals surface area contributed by atoms with Crippen LogP contribution in [0.2, 0.25) is 5.02 Å². The number of nitrogens with one attached hydrogen (secondary N) is 1. The Kier molecular flexibility index (Phi) is 3.98. The fourth-order valence-corrected chi connectivity index (χ4v) is 4.12. The monoisotopic (exact) mass is 382 g/mol. The second-order valence-electron chi connectivity index (χ2n) is 7.03. The van der Waals surface area contributed by atoms with Gasteiger partial charge >= 0.3 is 5.69 Å². The normalized spacial score (nSPS) is 16.5. The lowest BCUT2D eigenvalue weighted by atomic mass is 10.0. The lowest BCUT2D eigenvalue weighted by Gasteiger charge is -2.31. The molecule has 0 saturated carbocycles. The number of pyridine rings is 2. The third-order valence-electron chi connectivity index (χ3n) is 5.25. The summed E-state index contributed by atoms with van der Waals surface area (Å²) in [5.74, 6) is 0. The highest BCUT2D eigenvalue weighted by Crippen LogP contribution is 2.25. The molecule has 1 fully saturated rings. The maximum Gasteiger partial charge on any atom is 0.327 e. The van der Waals surface area contributed by atoms with Gasteiger partial charge in [-0.1, -0.05) is 11.6 Å². The number of likely N-dealkylation sites (tertiary alicyclic amines) is 1. The van der Waals surface area contributed by atoms with Gasteiger partial charge in [0.1, 0.15) is 5.65 Å². The van der Waals surface area contributed by atoms with E-state index >= 15 is 0 Å². The van der Waals surface area contributed by atoms with Gasteiger partial charge < -0.3 is 9.38 Å². The molecule has 1 aliphatic heterocycles. The van der Waals surface area contributed by atoms with Crippen molar-refractivity contribution < 1.29 is 0 Å². The van der Waals surface area contributed by atoms with Gasteiger partial charge in [0.05, 0.1) is 16.2 Å². The van der Waals surface area contributed by atoms with E-state index in [1.54, 1.807) is 6.20 Å². The molecule has 0 unspecified atom stereocenters. The predicted molar refractivity (Wildman–Crippen MR) is 104 cm³/mol. The van der Waals surface area contributed by atoms with Gasteiger partial charge in [-0.2, -0.15) is 0 Å². The summed E-state index contributed by atoms with van der Waals surface area (Å²) >= 11 is 6.04. The van der Waals surface area contributed by atoms with Crippen LogP contribution in [0.1, 0.15) is 24.6 Å². The summed E-state index contributed by atoms with van der Waals surface area (Å²) in [5, 5.41) is 0.699. The molecule has 4 aromatic rings. The first-order valence-electron chi connectivity index (χ1n) is 9.08. The number of piperidine rings is 1. The number of nitrogens with zero attached hydrogens (tertiary/aromatic N) is 5. The predicted octanol–water partition coefficient (Wildman–Crippen LogP) is 2.86. The smallest absolute Gasteiger partial charge is 0.305 e. The van der Waals surface area contributed by atoms with E-state index in [1.165, 1.54) is 0 Å². The number of hydrogen-bond acceptors (Lipinski definition) is 4. The van der Waals surface area contributed by atoms with Crippen molar-refractivity contribution in [3.05, 3.63) is 64.1 Å². The van der Waals surface area contributed by atoms with Crippen LogP contribution in [-0.2, 0) is 6.54 Å². The van der Waals surface area contributed by atoms with Crippen LogP contribution >= 0.6 is 11.6 Å². The lowest BCUT2D eigenvalue weighted by Crippen LogP contribution is -2.36. The minimum atomic E-state index is -0.0700. The molecule has 1 aliphatic rings. The van der Waals surface area contributed by atoms with Gasteiger partial charge in [0.25, 0.3) is 0 Å². The van der Waals surface area contributed by atoms with Gasteiger partial charge in [-0.25, -0.2) is 14.8 Å². The quantitative estimate of drug-likeness (QED) is 0.591. The number of rotatable bonds is 3. The van der Waals surface area contributed by atoms with Crippen LogP contribution < -0.4 is 5.69 Å². The number of fused-ring (bicyclic) bond motifs is 2. The Morgan fingerprint density at radius 3 is 2.89 bits per heavy atom. The number of aromatic nitrogens is 5. The summed E-state index contributed by atoms with van der Waals surface area (Å²) in [6.45, 7) is 2.64. The zero-order chi connectivity index (χ0) is 18.4. The van der Waals surface area contributed by atoms with E-state index in [-0.39, 0.29) is 11.7 Å². The number of aromatic amines is 1. The SMILES string of the molecule is O=c1[nH]c2cccnc2n1C1CCN(Cc2cn3cc(Cl)ccc3n2)CC1. The molecule has 27 heavy (non-hydrogen) atoms. The van der Waals surface area contributed by atoms with Crippen LogP contribution in [0.4, 0.5) is 0 Å². The fraction of sp³-hybridized carbons (Fsp3) is 0.316. The van der Waals surface area contributed by atoms with E-state index in [4.69, 9.17) is 11.6 Å². The fourth-order valence-electron chi connectivity index (χ4n) is 3.96. The molecule has 0 amide bonds. The average Bonchev–Trinajstić information content (AvgIpc) is 3.21. The van der Waals surface area contributed by atoms with Crippen molar-refractivity contribution in [2.45, 2.75) is 25.4 Å². The maximum atomic E-state index is 12.4. The summed E-state index contributed by atoms with van der Waals surface area (Å²) < 4.78 is 3.78. The second-order valence-corrected chi connectivity index (χ2v) is 7.46. The van der Waals surface area contributed by atoms with Crippen LogP contribution in [-0.4, -0.2) is 41.9 Å². The topological polar surface area (TPSA) is 71.2 Å². The highest BCUT2D eigenvalue weighted by molar-refractivity contribution is 6.30. The van der Waals surface area contributed by atoms with Crippen LogP contribution in [0.5, 0.6) is 0 Å². The minimum Gasteiger partial charge on any atom is -0.305 e. The Morgan fingerprint density at radius 1 is 1.19 bits per heavy atom. The Morgan fingerprint density at radius 2 is 2.04 bits per heavy atom. The van der Waals surface area contributed by atoms with Gasteiger partial charge in [-0.3, -0.25) is 9.47 Å². The molecule has 1 N–H and O–H groups in total. The molecule has 138 valence electrons. The molecular weight excluding hydrogens is 364 g/mol. The molecule has 0 bridgehead atoms. The van der Waals surface area contributed by atoms with Crippen molar-refractivity contribution in [3.8, 4) is 0 Å². The zero-order valence-corrected chi connectivity index (χ0v) is 15.4. The number of hydrogen-bond donors (Lipinski definition) is 1. The second kappa shape index (κ2) is 6.51. The molecule has 0 radical (unpaired) electrons. The summed E-state index contributed by atoms with van der Waals surface area (Å²) in [5.41, 5.74) is 3.41. The van der Waals surface area contributed by atoms with E-state index in [0.29, 0.717) is 5.02 Å². The molecule has 5 heterocycles. The highest BCUT2D eigenvalue weighted by atomic mass is 35.5. The first-order chi connectivity index (χ1) is 13.2. The lowest BCUT2D eigenvalue weighted by molar-refractivity contribution is 0.178. The standard InChI is InChI=1S/C19H19ClN6O/c20-13-3-4-17-22-14(12-25(17)10-13)11-24-8-5-15(6-9-24)26-18-16(23-19(26)27)2-1-7-21-18/h1-4,7,10,12,15H,5-6,8-9,11H2,(H,23,27). The van der Waals surface area contributed by atoms with Gasteiger partial charge in [0.15, 0.2) is 5.65 Å². The molecule has 5 rings (SSSR count). The van der Waals surface area contributed by atoms with E-state index < -0.39 is 0 Å². The molecule has 0 aliphatic carbocycles. The first kappa shape index (κ1) is 16.5.